The first-order valence-electron chi connectivity index (χ1n) is 9.33. The van der Waals surface area contributed by atoms with Crippen molar-refractivity contribution in [2.24, 2.45) is 0 Å². The number of hydrogen-bond acceptors (Lipinski definition) is 6. The summed E-state index contributed by atoms with van der Waals surface area (Å²) in [6, 6.07) is 11.5. The fourth-order valence-electron chi connectivity index (χ4n) is 3.33. The van der Waals surface area contributed by atoms with Gasteiger partial charge in [-0.3, -0.25) is 4.98 Å². The van der Waals surface area contributed by atoms with E-state index in [0.717, 1.165) is 27.5 Å². The Balaban J connectivity index is 1.78. The topological polar surface area (TPSA) is 86.3 Å². The van der Waals surface area contributed by atoms with Crippen molar-refractivity contribution < 1.29 is 19.0 Å². The summed E-state index contributed by atoms with van der Waals surface area (Å²) in [7, 11) is 1.59. The van der Waals surface area contributed by atoms with Crippen LogP contribution >= 0.6 is 0 Å². The molecule has 1 N–H and O–H groups in total. The van der Waals surface area contributed by atoms with Gasteiger partial charge < -0.3 is 19.2 Å². The number of aromatic nitrogens is 3. The molecule has 0 spiro atoms. The number of pyridine rings is 2. The van der Waals surface area contributed by atoms with Crippen molar-refractivity contribution in [1.29, 1.82) is 0 Å². The number of carbonyl (C=O) groups is 1. The third kappa shape index (κ3) is 3.77. The highest BCUT2D eigenvalue weighted by Gasteiger charge is 2.20. The molecule has 0 aliphatic heterocycles. The van der Waals surface area contributed by atoms with E-state index in [1.807, 2.05) is 36.4 Å². The van der Waals surface area contributed by atoms with E-state index >= 15 is 0 Å². The molecule has 7 nitrogen and oxygen atoms in total. The van der Waals surface area contributed by atoms with E-state index in [0.29, 0.717) is 17.9 Å². The minimum Gasteiger partial charge on any atom is -0.487 e. The van der Waals surface area contributed by atoms with Crippen LogP contribution in [0.1, 0.15) is 28.7 Å². The molecule has 1 aromatic carbocycles. The van der Waals surface area contributed by atoms with E-state index in [9.17, 15) is 4.79 Å². The van der Waals surface area contributed by atoms with Gasteiger partial charge in [-0.15, -0.1) is 0 Å². The van der Waals surface area contributed by atoms with Crippen molar-refractivity contribution in [2.75, 3.05) is 13.7 Å². The van der Waals surface area contributed by atoms with Crippen molar-refractivity contribution in [1.82, 2.24) is 15.0 Å². The molecule has 0 radical (unpaired) electrons. The molecule has 0 aliphatic rings. The van der Waals surface area contributed by atoms with Gasteiger partial charge in [0, 0.05) is 35.2 Å². The Labute approximate surface area is 167 Å². The second kappa shape index (κ2) is 8.28. The molecule has 29 heavy (non-hydrogen) atoms. The number of H-pyrrole nitrogens is 1. The molecular formula is C22H21N3O4. The average Bonchev–Trinajstić information content (AvgIpc) is 3.12. The van der Waals surface area contributed by atoms with Gasteiger partial charge in [0.2, 0.25) is 0 Å². The average molecular weight is 391 g/mol. The highest BCUT2D eigenvalue weighted by atomic mass is 16.5. The van der Waals surface area contributed by atoms with E-state index in [-0.39, 0.29) is 18.9 Å². The number of nitrogens with one attached hydrogen (secondary N) is 1. The molecule has 0 unspecified atom stereocenters. The first kappa shape index (κ1) is 18.9. The standard InChI is InChI=1S/C22H21N3O4/c1-3-28-22(26)21-17(13-27-2)20-16-10-15(29-12-14-6-4-5-9-23-14)7-8-18(16)25-19(20)11-24-21/h4-11,25H,3,12-13H2,1-2H3. The van der Waals surface area contributed by atoms with Crippen LogP contribution in [-0.4, -0.2) is 34.6 Å². The van der Waals surface area contributed by atoms with Crippen molar-refractivity contribution in [2.45, 2.75) is 20.1 Å². The maximum absolute atomic E-state index is 12.4. The number of aromatic amines is 1. The van der Waals surface area contributed by atoms with Crippen LogP contribution < -0.4 is 4.74 Å². The number of fused-ring (bicyclic) bond motifs is 3. The molecule has 0 amide bonds. The lowest BCUT2D eigenvalue weighted by molar-refractivity contribution is 0.0514. The van der Waals surface area contributed by atoms with Gasteiger partial charge in [-0.1, -0.05) is 6.07 Å². The van der Waals surface area contributed by atoms with E-state index in [1.165, 1.54) is 0 Å². The predicted octanol–water partition coefficient (Wildman–Crippen LogP) is 4.01. The minimum atomic E-state index is -0.460. The van der Waals surface area contributed by atoms with E-state index in [4.69, 9.17) is 14.2 Å². The minimum absolute atomic E-state index is 0.241. The highest BCUT2D eigenvalue weighted by molar-refractivity contribution is 6.11. The van der Waals surface area contributed by atoms with Gasteiger partial charge in [0.05, 0.1) is 30.6 Å². The number of ether oxygens (including phenoxy) is 3. The van der Waals surface area contributed by atoms with Crippen LogP contribution in [0, 0.1) is 0 Å². The van der Waals surface area contributed by atoms with Gasteiger partial charge in [-0.05, 0) is 37.3 Å². The summed E-state index contributed by atoms with van der Waals surface area (Å²) in [5, 5.41) is 1.81. The molecule has 0 aliphatic carbocycles. The van der Waals surface area contributed by atoms with Crippen LogP contribution in [0.5, 0.6) is 5.75 Å². The molecular weight excluding hydrogens is 370 g/mol. The summed E-state index contributed by atoms with van der Waals surface area (Å²) in [5.41, 5.74) is 3.55. The quantitative estimate of drug-likeness (QED) is 0.479. The Morgan fingerprint density at radius 2 is 2.00 bits per heavy atom. The third-order valence-corrected chi connectivity index (χ3v) is 4.58. The van der Waals surface area contributed by atoms with Crippen molar-refractivity contribution in [3.05, 3.63) is 65.7 Å². The van der Waals surface area contributed by atoms with Gasteiger partial charge >= 0.3 is 5.97 Å². The SMILES string of the molecule is CCOC(=O)c1ncc2[nH]c3ccc(OCc4ccccn4)cc3c2c1COC. The predicted molar refractivity (Wildman–Crippen MR) is 109 cm³/mol. The fourth-order valence-corrected chi connectivity index (χ4v) is 3.33. The lowest BCUT2D eigenvalue weighted by atomic mass is 10.1. The van der Waals surface area contributed by atoms with E-state index in [2.05, 4.69) is 15.0 Å². The Bertz CT molecular complexity index is 1160. The maximum Gasteiger partial charge on any atom is 0.357 e. The normalized spacial score (nSPS) is 11.1. The molecule has 4 rings (SSSR count). The Kier molecular flexibility index (Phi) is 5.39. The van der Waals surface area contributed by atoms with Crippen LogP contribution in [0.15, 0.2) is 48.8 Å². The first-order chi connectivity index (χ1) is 14.2. The van der Waals surface area contributed by atoms with Crippen LogP contribution in [0.3, 0.4) is 0 Å². The molecule has 0 saturated carbocycles. The molecule has 0 fully saturated rings. The largest absolute Gasteiger partial charge is 0.487 e. The lowest BCUT2D eigenvalue weighted by Crippen LogP contribution is -2.11. The van der Waals surface area contributed by atoms with Crippen LogP contribution in [-0.2, 0) is 22.7 Å². The Morgan fingerprint density at radius 3 is 2.76 bits per heavy atom. The van der Waals surface area contributed by atoms with E-state index in [1.54, 1.807) is 26.4 Å². The molecule has 7 heteroatoms. The van der Waals surface area contributed by atoms with E-state index < -0.39 is 5.97 Å². The summed E-state index contributed by atoms with van der Waals surface area (Å²) < 4.78 is 16.4. The van der Waals surface area contributed by atoms with Gasteiger partial charge in [0.25, 0.3) is 0 Å². The Morgan fingerprint density at radius 1 is 1.10 bits per heavy atom. The van der Waals surface area contributed by atoms with Crippen molar-refractivity contribution in [3.63, 3.8) is 0 Å². The number of esters is 1. The Hall–Kier alpha value is -3.45. The molecule has 0 bridgehead atoms. The van der Waals surface area contributed by atoms with Gasteiger partial charge in [0.1, 0.15) is 12.4 Å². The summed E-state index contributed by atoms with van der Waals surface area (Å²) in [4.78, 5) is 24.3. The summed E-state index contributed by atoms with van der Waals surface area (Å²) in [5.74, 6) is 0.250. The fraction of sp³-hybridized carbons (Fsp3) is 0.227. The zero-order valence-electron chi connectivity index (χ0n) is 16.3. The second-order valence-electron chi connectivity index (χ2n) is 6.47. The zero-order valence-corrected chi connectivity index (χ0v) is 16.3. The van der Waals surface area contributed by atoms with Gasteiger partial charge in [-0.25, -0.2) is 9.78 Å². The molecule has 4 aromatic rings. The number of benzene rings is 1. The smallest absolute Gasteiger partial charge is 0.357 e. The monoisotopic (exact) mass is 391 g/mol. The summed E-state index contributed by atoms with van der Waals surface area (Å²) in [6.45, 7) is 2.66. The number of hydrogen-bond donors (Lipinski definition) is 1. The lowest BCUT2D eigenvalue weighted by Gasteiger charge is -2.10. The first-order valence-corrected chi connectivity index (χ1v) is 9.33. The highest BCUT2D eigenvalue weighted by Crippen LogP contribution is 2.33. The molecule has 148 valence electrons. The van der Waals surface area contributed by atoms with Gasteiger partial charge in [0.15, 0.2) is 5.69 Å². The van der Waals surface area contributed by atoms with Crippen LogP contribution in [0.25, 0.3) is 21.8 Å². The maximum atomic E-state index is 12.4. The second-order valence-corrected chi connectivity index (χ2v) is 6.47. The number of nitrogens with zero attached hydrogens (tertiary/aromatic N) is 2. The number of carbonyl (C=O) groups excluding carboxylic acids is 1. The number of methoxy groups -OCH3 is 1. The molecule has 0 atom stereocenters. The van der Waals surface area contributed by atoms with Crippen molar-refractivity contribution >= 4 is 27.8 Å². The third-order valence-electron chi connectivity index (χ3n) is 4.58. The summed E-state index contributed by atoms with van der Waals surface area (Å²) >= 11 is 0. The summed E-state index contributed by atoms with van der Waals surface area (Å²) in [6.07, 6.45) is 3.39. The van der Waals surface area contributed by atoms with Crippen molar-refractivity contribution in [3.8, 4) is 5.75 Å². The number of rotatable bonds is 7. The van der Waals surface area contributed by atoms with Crippen LogP contribution in [0.2, 0.25) is 0 Å². The molecule has 3 aromatic heterocycles. The van der Waals surface area contributed by atoms with Gasteiger partial charge in [-0.2, -0.15) is 0 Å². The zero-order chi connectivity index (χ0) is 20.2. The van der Waals surface area contributed by atoms with Crippen LogP contribution in [0.4, 0.5) is 0 Å². The molecule has 0 saturated heterocycles. The molecule has 3 heterocycles.